The van der Waals surface area contributed by atoms with Gasteiger partial charge in [0.2, 0.25) is 11.8 Å². The van der Waals surface area contributed by atoms with Crippen LogP contribution in [0.1, 0.15) is 19.4 Å². The number of nitrogens with zero attached hydrogens (tertiary/aromatic N) is 3. The Morgan fingerprint density at radius 2 is 1.33 bits per heavy atom. The first-order chi connectivity index (χ1) is 23.2. The Balaban J connectivity index is 0.000000221. The van der Waals surface area contributed by atoms with Crippen molar-refractivity contribution in [1.29, 1.82) is 0 Å². The van der Waals surface area contributed by atoms with Crippen molar-refractivity contribution in [2.45, 2.75) is 32.2 Å². The van der Waals surface area contributed by atoms with E-state index in [2.05, 4.69) is 19.7 Å². The summed E-state index contributed by atoms with van der Waals surface area (Å²) in [7, 11) is 1.25. The average Bonchev–Trinajstić information content (AvgIpc) is 3.06. The molecule has 2 heterocycles. The summed E-state index contributed by atoms with van der Waals surface area (Å²) in [5.41, 5.74) is 0.388. The molecule has 0 bridgehead atoms. The molecule has 256 valence electrons. The number of aliphatic carboxylic acids is 1. The Kier molecular flexibility index (Phi) is 12.0. The topological polar surface area (TPSA) is 139 Å². The fourth-order valence-electron chi connectivity index (χ4n) is 3.75. The number of methoxy groups -OCH3 is 1. The van der Waals surface area contributed by atoms with E-state index in [0.717, 1.165) is 6.07 Å². The van der Waals surface area contributed by atoms with Crippen molar-refractivity contribution in [3.63, 3.8) is 0 Å². The number of esters is 1. The Morgan fingerprint density at radius 3 is 1.88 bits per heavy atom. The van der Waals surface area contributed by atoms with Crippen LogP contribution in [0.15, 0.2) is 85.2 Å². The summed E-state index contributed by atoms with van der Waals surface area (Å²) in [6.07, 6.45) is -4.10. The quantitative estimate of drug-likeness (QED) is 0.139. The standard InChI is InChI=1S/C17H13ClN2O4.C16H13ClF3NO4/c1-10(17(21)22)23-12-3-5-13(6-4-12)24-16-9-19-15-8-11(18)2-7-14(15)20-16;1-9(15(22)23-2)24-11-3-5-12(6-4-11)25-14-13(17)7-10(8-21-14)16(18,19)20/h2-10H,1H3,(H,21,22);3-9H,1-2H3. The SMILES string of the molecule is CC(Oc1ccc(Oc2cnc3cc(Cl)ccc3n2)cc1)C(=O)O.COC(=O)C(C)Oc1ccc(Oc2ncc(C(F)(F)F)cc2Cl)cc1. The second kappa shape index (κ2) is 16.2. The first kappa shape index (κ1) is 36.5. The van der Waals surface area contributed by atoms with Gasteiger partial charge in [0.15, 0.2) is 12.2 Å². The number of carbonyl (C=O) groups excluding carboxylic acids is 1. The summed E-state index contributed by atoms with van der Waals surface area (Å²) in [5, 5.41) is 9.15. The predicted octanol–water partition coefficient (Wildman–Crippen LogP) is 8.41. The molecule has 0 radical (unpaired) electrons. The number of rotatable bonds is 10. The van der Waals surface area contributed by atoms with Gasteiger partial charge in [0.05, 0.1) is 29.9 Å². The van der Waals surface area contributed by atoms with E-state index in [0.29, 0.717) is 45.4 Å². The van der Waals surface area contributed by atoms with Crippen molar-refractivity contribution in [3.8, 4) is 34.8 Å². The zero-order valence-corrected chi connectivity index (χ0v) is 27.3. The summed E-state index contributed by atoms with van der Waals surface area (Å²) in [6.45, 7) is 2.99. The summed E-state index contributed by atoms with van der Waals surface area (Å²) < 4.78 is 63.9. The molecule has 2 aromatic heterocycles. The van der Waals surface area contributed by atoms with Gasteiger partial charge in [-0.2, -0.15) is 13.2 Å². The van der Waals surface area contributed by atoms with Gasteiger partial charge in [-0.1, -0.05) is 23.2 Å². The van der Waals surface area contributed by atoms with Crippen LogP contribution >= 0.6 is 23.2 Å². The maximum atomic E-state index is 12.6. The smallest absolute Gasteiger partial charge is 0.417 e. The zero-order valence-electron chi connectivity index (χ0n) is 25.8. The van der Waals surface area contributed by atoms with Crippen LogP contribution in [0, 0.1) is 0 Å². The third kappa shape index (κ3) is 10.6. The molecule has 2 unspecified atom stereocenters. The number of pyridine rings is 1. The molecule has 16 heteroatoms. The monoisotopic (exact) mass is 719 g/mol. The zero-order chi connectivity index (χ0) is 35.7. The number of carboxylic acids is 1. The molecule has 0 saturated heterocycles. The van der Waals surface area contributed by atoms with Crippen LogP contribution < -0.4 is 18.9 Å². The van der Waals surface area contributed by atoms with Gasteiger partial charge in [-0.25, -0.2) is 24.5 Å². The van der Waals surface area contributed by atoms with Crippen molar-refractivity contribution in [1.82, 2.24) is 15.0 Å². The van der Waals surface area contributed by atoms with Gasteiger partial charge >= 0.3 is 18.1 Å². The minimum Gasteiger partial charge on any atom is -0.479 e. The molecule has 49 heavy (non-hydrogen) atoms. The fraction of sp³-hybridized carbons (Fsp3) is 0.182. The number of hydrogen-bond donors (Lipinski definition) is 1. The van der Waals surface area contributed by atoms with Crippen LogP contribution in [0.4, 0.5) is 13.2 Å². The number of carbonyl (C=O) groups is 2. The number of fused-ring (bicyclic) bond motifs is 1. The molecule has 11 nitrogen and oxygen atoms in total. The highest BCUT2D eigenvalue weighted by atomic mass is 35.5. The molecule has 5 rings (SSSR count). The minimum atomic E-state index is -4.54. The molecule has 0 amide bonds. The molecule has 0 saturated carbocycles. The molecule has 5 aromatic rings. The van der Waals surface area contributed by atoms with E-state index in [1.165, 1.54) is 51.4 Å². The number of alkyl halides is 3. The van der Waals surface area contributed by atoms with Crippen LogP contribution in [0.5, 0.6) is 34.8 Å². The van der Waals surface area contributed by atoms with E-state index in [1.807, 2.05) is 0 Å². The molecular formula is C33H26Cl2F3N3O8. The molecule has 0 spiro atoms. The van der Waals surface area contributed by atoms with E-state index in [9.17, 15) is 22.8 Å². The molecule has 3 aromatic carbocycles. The van der Waals surface area contributed by atoms with Crippen molar-refractivity contribution >= 4 is 46.2 Å². The number of carboxylic acid groups (broad SMARTS) is 1. The van der Waals surface area contributed by atoms with Crippen LogP contribution in [0.2, 0.25) is 10.0 Å². The average molecular weight is 720 g/mol. The summed E-state index contributed by atoms with van der Waals surface area (Å²) in [4.78, 5) is 34.2. The molecular weight excluding hydrogens is 694 g/mol. The van der Waals surface area contributed by atoms with Crippen LogP contribution in [-0.2, 0) is 20.5 Å². The predicted molar refractivity (Wildman–Crippen MR) is 172 cm³/mol. The Hall–Kier alpha value is -5.34. The van der Waals surface area contributed by atoms with Crippen molar-refractivity contribution < 1.29 is 51.6 Å². The first-order valence-corrected chi connectivity index (χ1v) is 14.8. The molecule has 2 atom stereocenters. The van der Waals surface area contributed by atoms with Crippen molar-refractivity contribution in [2.24, 2.45) is 0 Å². The van der Waals surface area contributed by atoms with E-state index in [1.54, 1.807) is 42.5 Å². The third-order valence-corrected chi connectivity index (χ3v) is 6.71. The largest absolute Gasteiger partial charge is 0.479 e. The Labute approximate surface area is 287 Å². The van der Waals surface area contributed by atoms with Crippen LogP contribution in [0.3, 0.4) is 0 Å². The van der Waals surface area contributed by atoms with Crippen molar-refractivity contribution in [2.75, 3.05) is 7.11 Å². The van der Waals surface area contributed by atoms with E-state index < -0.39 is 35.9 Å². The maximum absolute atomic E-state index is 12.6. The highest BCUT2D eigenvalue weighted by molar-refractivity contribution is 6.32. The number of benzene rings is 3. The lowest BCUT2D eigenvalue weighted by atomic mass is 10.3. The first-order valence-electron chi connectivity index (χ1n) is 14.1. The van der Waals surface area contributed by atoms with Gasteiger partial charge in [0, 0.05) is 11.2 Å². The molecule has 0 aliphatic rings. The van der Waals surface area contributed by atoms with Gasteiger partial charge in [0.1, 0.15) is 28.0 Å². The summed E-state index contributed by atoms with van der Waals surface area (Å²) >= 11 is 11.7. The van der Waals surface area contributed by atoms with Crippen molar-refractivity contribution in [3.05, 3.63) is 101 Å². The van der Waals surface area contributed by atoms with Crippen LogP contribution in [-0.4, -0.2) is 51.3 Å². The van der Waals surface area contributed by atoms with Gasteiger partial charge in [0.25, 0.3) is 0 Å². The van der Waals surface area contributed by atoms with Gasteiger partial charge in [-0.3, -0.25) is 0 Å². The van der Waals surface area contributed by atoms with Gasteiger partial charge < -0.3 is 28.8 Å². The Bertz CT molecular complexity index is 1910. The second-order valence-corrected chi connectivity index (χ2v) is 10.7. The number of ether oxygens (including phenoxy) is 5. The molecule has 0 aliphatic heterocycles. The number of aromatic nitrogens is 3. The van der Waals surface area contributed by atoms with E-state index in [4.69, 9.17) is 47.3 Å². The lowest BCUT2D eigenvalue weighted by Gasteiger charge is -2.13. The van der Waals surface area contributed by atoms with E-state index >= 15 is 0 Å². The third-order valence-electron chi connectivity index (χ3n) is 6.21. The highest BCUT2D eigenvalue weighted by Gasteiger charge is 2.32. The molecule has 0 fully saturated rings. The summed E-state index contributed by atoms with van der Waals surface area (Å²) in [5.74, 6) is 0.278. The van der Waals surface area contributed by atoms with Gasteiger partial charge in [-0.05, 0) is 86.6 Å². The molecule has 0 aliphatic carbocycles. The molecule has 1 N–H and O–H groups in total. The highest BCUT2D eigenvalue weighted by Crippen LogP contribution is 2.35. The van der Waals surface area contributed by atoms with Gasteiger partial charge in [-0.15, -0.1) is 0 Å². The van der Waals surface area contributed by atoms with Crippen LogP contribution in [0.25, 0.3) is 11.0 Å². The summed E-state index contributed by atoms with van der Waals surface area (Å²) in [6, 6.07) is 18.6. The second-order valence-electron chi connectivity index (χ2n) is 9.88. The Morgan fingerprint density at radius 1 is 0.755 bits per heavy atom. The lowest BCUT2D eigenvalue weighted by Crippen LogP contribution is -2.24. The fourth-order valence-corrected chi connectivity index (χ4v) is 4.12. The maximum Gasteiger partial charge on any atom is 0.417 e. The lowest BCUT2D eigenvalue weighted by molar-refractivity contribution is -0.148. The normalized spacial score (nSPS) is 12.2. The van der Waals surface area contributed by atoms with E-state index in [-0.39, 0.29) is 16.7 Å². The number of halogens is 5. The minimum absolute atomic E-state index is 0.161. The number of hydrogen-bond acceptors (Lipinski definition) is 10.